The van der Waals surface area contributed by atoms with Crippen molar-refractivity contribution < 1.29 is 32.3 Å². The van der Waals surface area contributed by atoms with Crippen LogP contribution in [0, 0.1) is 6.92 Å². The summed E-state index contributed by atoms with van der Waals surface area (Å²) < 4.78 is 35.9. The fourth-order valence-electron chi connectivity index (χ4n) is 2.18. The number of Topliss-reactive ketones (excluding diaryl/α,β-unsaturated/α-hetero) is 1. The van der Waals surface area contributed by atoms with Crippen molar-refractivity contribution in [3.8, 4) is 0 Å². The lowest BCUT2D eigenvalue weighted by atomic mass is 10.2. The van der Waals surface area contributed by atoms with E-state index in [1.807, 2.05) is 6.92 Å². The van der Waals surface area contributed by atoms with Crippen LogP contribution in [0.2, 0.25) is 0 Å². The van der Waals surface area contributed by atoms with Gasteiger partial charge in [-0.05, 0) is 32.9 Å². The Kier molecular flexibility index (Phi) is 7.91. The lowest BCUT2D eigenvalue weighted by Crippen LogP contribution is -2.45. The number of esters is 2. The molecule has 0 aliphatic heterocycles. The number of hydrogen-bond donors (Lipinski definition) is 0. The molecule has 0 N–H and O–H groups in total. The first-order valence-electron chi connectivity index (χ1n) is 8.01. The van der Waals surface area contributed by atoms with E-state index < -0.39 is 40.2 Å². The van der Waals surface area contributed by atoms with Crippen molar-refractivity contribution in [2.75, 3.05) is 20.3 Å². The molecule has 1 atom stereocenters. The highest BCUT2D eigenvalue weighted by atomic mass is 32.2. The molecule has 26 heavy (non-hydrogen) atoms. The fraction of sp³-hybridized carbons (Fsp3) is 0.471. The Hall–Kier alpha value is -2.26. The van der Waals surface area contributed by atoms with Crippen LogP contribution in [0.15, 0.2) is 29.2 Å². The highest BCUT2D eigenvalue weighted by molar-refractivity contribution is 7.89. The summed E-state index contributed by atoms with van der Waals surface area (Å²) in [5, 5.41) is 0. The first-order chi connectivity index (χ1) is 12.1. The van der Waals surface area contributed by atoms with Crippen molar-refractivity contribution in [2.45, 2.75) is 38.1 Å². The molecule has 0 radical (unpaired) electrons. The van der Waals surface area contributed by atoms with E-state index in [1.54, 1.807) is 19.1 Å². The summed E-state index contributed by atoms with van der Waals surface area (Å²) >= 11 is 0. The third-order valence-electron chi connectivity index (χ3n) is 3.66. The van der Waals surface area contributed by atoms with Crippen LogP contribution in [0.3, 0.4) is 0 Å². The van der Waals surface area contributed by atoms with Crippen LogP contribution in [0.1, 0.15) is 25.8 Å². The SMILES string of the molecule is CCOC(=O)[C@H](C)N(CCC(=O)C(=O)OC)S(=O)(=O)c1ccc(C)cc1. The molecular formula is C17H23NO7S. The van der Waals surface area contributed by atoms with Gasteiger partial charge in [-0.25, -0.2) is 13.2 Å². The van der Waals surface area contributed by atoms with Gasteiger partial charge in [0.1, 0.15) is 6.04 Å². The standard InChI is InChI=1S/C17H23NO7S/c1-5-25-16(20)13(3)18(11-10-15(19)17(21)24-4)26(22,23)14-8-6-12(2)7-9-14/h6-9,13H,5,10-11H2,1-4H3/t13-/m0/s1. The Balaban J connectivity index is 3.17. The van der Waals surface area contributed by atoms with Crippen molar-refractivity contribution in [3.63, 3.8) is 0 Å². The average Bonchev–Trinajstić information content (AvgIpc) is 2.61. The van der Waals surface area contributed by atoms with Gasteiger partial charge in [0.15, 0.2) is 0 Å². The number of rotatable bonds is 9. The number of methoxy groups -OCH3 is 1. The van der Waals surface area contributed by atoms with E-state index in [0.717, 1.165) is 17.0 Å². The highest BCUT2D eigenvalue weighted by Crippen LogP contribution is 2.20. The fourth-order valence-corrected chi connectivity index (χ4v) is 3.76. The number of nitrogens with zero attached hydrogens (tertiary/aromatic N) is 1. The largest absolute Gasteiger partial charge is 0.465 e. The van der Waals surface area contributed by atoms with Gasteiger partial charge < -0.3 is 9.47 Å². The lowest BCUT2D eigenvalue weighted by molar-refractivity contribution is -0.151. The van der Waals surface area contributed by atoms with Gasteiger partial charge in [-0.15, -0.1) is 0 Å². The maximum absolute atomic E-state index is 12.9. The van der Waals surface area contributed by atoms with Crippen molar-refractivity contribution in [3.05, 3.63) is 29.8 Å². The highest BCUT2D eigenvalue weighted by Gasteiger charge is 2.34. The zero-order chi connectivity index (χ0) is 19.9. The number of benzene rings is 1. The smallest absolute Gasteiger partial charge is 0.374 e. The van der Waals surface area contributed by atoms with Crippen LogP contribution in [0.5, 0.6) is 0 Å². The van der Waals surface area contributed by atoms with Crippen molar-refractivity contribution in [1.29, 1.82) is 0 Å². The predicted molar refractivity (Wildman–Crippen MR) is 92.8 cm³/mol. The number of ether oxygens (including phenoxy) is 2. The van der Waals surface area contributed by atoms with E-state index in [9.17, 15) is 22.8 Å². The first kappa shape index (κ1) is 21.8. The topological polar surface area (TPSA) is 107 Å². The first-order valence-corrected chi connectivity index (χ1v) is 9.45. The predicted octanol–water partition coefficient (Wildman–Crippen LogP) is 1.07. The number of ketones is 1. The maximum Gasteiger partial charge on any atom is 0.374 e. The monoisotopic (exact) mass is 385 g/mol. The Morgan fingerprint density at radius 1 is 1.15 bits per heavy atom. The Labute approximate surface area is 153 Å². The van der Waals surface area contributed by atoms with Crippen LogP contribution in [-0.2, 0) is 33.9 Å². The minimum atomic E-state index is -4.08. The molecule has 1 aromatic carbocycles. The Morgan fingerprint density at radius 3 is 2.23 bits per heavy atom. The van der Waals surface area contributed by atoms with Gasteiger partial charge in [0.05, 0.1) is 18.6 Å². The molecule has 0 bridgehead atoms. The van der Waals surface area contributed by atoms with Crippen LogP contribution >= 0.6 is 0 Å². The molecule has 0 saturated heterocycles. The van der Waals surface area contributed by atoms with Gasteiger partial charge in [-0.3, -0.25) is 9.59 Å². The quantitative estimate of drug-likeness (QED) is 0.462. The molecule has 0 spiro atoms. The third kappa shape index (κ3) is 5.37. The summed E-state index contributed by atoms with van der Waals surface area (Å²) in [6, 6.07) is 4.92. The van der Waals surface area contributed by atoms with E-state index in [4.69, 9.17) is 4.74 Å². The maximum atomic E-state index is 12.9. The summed E-state index contributed by atoms with van der Waals surface area (Å²) in [5.41, 5.74) is 0.870. The summed E-state index contributed by atoms with van der Waals surface area (Å²) in [7, 11) is -3.02. The molecule has 0 amide bonds. The van der Waals surface area contributed by atoms with E-state index in [0.29, 0.717) is 0 Å². The molecule has 1 rings (SSSR count). The molecule has 0 fully saturated rings. The summed E-state index contributed by atoms with van der Waals surface area (Å²) in [5.74, 6) is -2.69. The van der Waals surface area contributed by atoms with Gasteiger partial charge in [-0.2, -0.15) is 4.31 Å². The third-order valence-corrected chi connectivity index (χ3v) is 5.64. The average molecular weight is 385 g/mol. The second-order valence-corrected chi connectivity index (χ2v) is 7.41. The van der Waals surface area contributed by atoms with Crippen molar-refractivity contribution in [2.24, 2.45) is 0 Å². The Bertz CT molecular complexity index is 756. The molecule has 1 aromatic rings. The van der Waals surface area contributed by atoms with Gasteiger partial charge in [0.2, 0.25) is 15.8 Å². The van der Waals surface area contributed by atoms with E-state index in [1.165, 1.54) is 19.1 Å². The molecule has 0 unspecified atom stereocenters. The number of aryl methyl sites for hydroxylation is 1. The molecule has 9 heteroatoms. The molecule has 0 aliphatic rings. The van der Waals surface area contributed by atoms with E-state index in [2.05, 4.69) is 4.74 Å². The molecule has 0 aromatic heterocycles. The normalized spacial score (nSPS) is 12.5. The second kappa shape index (κ2) is 9.44. The van der Waals surface area contributed by atoms with Crippen molar-refractivity contribution >= 4 is 27.7 Å². The minimum absolute atomic E-state index is 0.0234. The van der Waals surface area contributed by atoms with Gasteiger partial charge in [-0.1, -0.05) is 17.7 Å². The summed E-state index contributed by atoms with van der Waals surface area (Å²) in [6.07, 6.45) is -0.415. The van der Waals surface area contributed by atoms with Crippen LogP contribution in [-0.4, -0.2) is 56.7 Å². The molecule has 8 nitrogen and oxygen atoms in total. The summed E-state index contributed by atoms with van der Waals surface area (Å²) in [4.78, 5) is 35.0. The van der Waals surface area contributed by atoms with Crippen LogP contribution in [0.25, 0.3) is 0 Å². The number of carbonyl (C=O) groups is 3. The van der Waals surface area contributed by atoms with E-state index in [-0.39, 0.29) is 18.0 Å². The molecule has 0 saturated carbocycles. The number of hydrogen-bond acceptors (Lipinski definition) is 7. The van der Waals surface area contributed by atoms with Gasteiger partial charge >= 0.3 is 11.9 Å². The summed E-state index contributed by atoms with van der Waals surface area (Å²) in [6.45, 7) is 4.51. The van der Waals surface area contributed by atoms with Crippen LogP contribution in [0.4, 0.5) is 0 Å². The van der Waals surface area contributed by atoms with E-state index >= 15 is 0 Å². The zero-order valence-corrected chi connectivity index (χ0v) is 16.0. The zero-order valence-electron chi connectivity index (χ0n) is 15.2. The lowest BCUT2D eigenvalue weighted by Gasteiger charge is -2.26. The van der Waals surface area contributed by atoms with Crippen molar-refractivity contribution in [1.82, 2.24) is 4.31 Å². The Morgan fingerprint density at radius 2 is 1.73 bits per heavy atom. The molecule has 0 heterocycles. The number of sulfonamides is 1. The van der Waals surface area contributed by atoms with Gasteiger partial charge in [0.25, 0.3) is 0 Å². The van der Waals surface area contributed by atoms with Crippen LogP contribution < -0.4 is 0 Å². The molecule has 144 valence electrons. The number of carbonyl (C=O) groups excluding carboxylic acids is 3. The minimum Gasteiger partial charge on any atom is -0.465 e. The van der Waals surface area contributed by atoms with Gasteiger partial charge in [0, 0.05) is 13.0 Å². The molecule has 0 aliphatic carbocycles. The molecular weight excluding hydrogens is 362 g/mol. The second-order valence-electron chi connectivity index (χ2n) is 5.52.